The highest BCUT2D eigenvalue weighted by atomic mass is 16.5. The van der Waals surface area contributed by atoms with Crippen molar-refractivity contribution in [3.05, 3.63) is 78.5 Å². The van der Waals surface area contributed by atoms with E-state index in [0.717, 1.165) is 40.7 Å². The van der Waals surface area contributed by atoms with E-state index in [1.54, 1.807) is 16.7 Å². The molecule has 0 aliphatic carbocycles. The highest BCUT2D eigenvalue weighted by Crippen LogP contribution is 2.27. The third-order valence-corrected chi connectivity index (χ3v) is 6.50. The largest absolute Gasteiger partial charge is 0.497 e. The third-order valence-electron chi connectivity index (χ3n) is 6.50. The molecular weight excluding hydrogens is 490 g/mol. The van der Waals surface area contributed by atoms with Crippen molar-refractivity contribution in [3.8, 4) is 11.4 Å². The summed E-state index contributed by atoms with van der Waals surface area (Å²) < 4.78 is 6.99. The van der Waals surface area contributed by atoms with E-state index in [-0.39, 0.29) is 23.9 Å². The molecule has 0 aliphatic rings. The molecule has 0 bridgehead atoms. The number of carbonyl (C=O) groups is 2. The van der Waals surface area contributed by atoms with Crippen LogP contribution in [-0.4, -0.2) is 46.8 Å². The first-order valence-electron chi connectivity index (χ1n) is 13.3. The van der Waals surface area contributed by atoms with Gasteiger partial charge in [0.25, 0.3) is 0 Å². The number of amides is 3. The van der Waals surface area contributed by atoms with Crippen LogP contribution in [0.25, 0.3) is 16.5 Å². The molecule has 204 valence electrons. The Kier molecular flexibility index (Phi) is 8.54. The lowest BCUT2D eigenvalue weighted by Gasteiger charge is -2.23. The lowest BCUT2D eigenvalue weighted by Crippen LogP contribution is -2.41. The van der Waals surface area contributed by atoms with Crippen LogP contribution in [0, 0.1) is 0 Å². The van der Waals surface area contributed by atoms with Gasteiger partial charge in [-0.25, -0.2) is 9.48 Å². The number of hydrogen-bond donors (Lipinski definition) is 2. The molecule has 0 saturated carbocycles. The molecule has 3 aromatic carbocycles. The van der Waals surface area contributed by atoms with Crippen LogP contribution in [-0.2, 0) is 10.2 Å². The van der Waals surface area contributed by atoms with Gasteiger partial charge in [-0.05, 0) is 42.1 Å². The van der Waals surface area contributed by atoms with E-state index in [4.69, 9.17) is 9.84 Å². The molecule has 0 saturated heterocycles. The molecule has 2 N–H and O–H groups in total. The number of ether oxygens (including phenoxy) is 1. The van der Waals surface area contributed by atoms with Gasteiger partial charge in [0, 0.05) is 23.4 Å². The Bertz CT molecular complexity index is 1430. The monoisotopic (exact) mass is 527 g/mol. The molecule has 1 heterocycles. The van der Waals surface area contributed by atoms with Crippen molar-refractivity contribution in [1.29, 1.82) is 0 Å². The van der Waals surface area contributed by atoms with Crippen LogP contribution in [0.3, 0.4) is 0 Å². The molecule has 0 spiro atoms. The average molecular weight is 528 g/mol. The molecule has 8 heteroatoms. The smallest absolute Gasteiger partial charge is 0.322 e. The second kappa shape index (κ2) is 12.0. The Morgan fingerprint density at radius 1 is 0.974 bits per heavy atom. The number of hydrogen-bond acceptors (Lipinski definition) is 4. The standard InChI is InChI=1S/C31H37N5O3/c1-6-7-19-35(30(38)32-26-14-10-12-22-11-8-9-13-25(22)26)21-29(37)33-28-20-27(31(2,3)4)34-36(28)23-15-17-24(39-5)18-16-23/h8-18,20H,6-7,19,21H2,1-5H3,(H,32,38)(H,33,37). The fraction of sp³-hybridized carbons (Fsp3) is 0.323. The van der Waals surface area contributed by atoms with Gasteiger partial charge >= 0.3 is 6.03 Å². The molecule has 39 heavy (non-hydrogen) atoms. The van der Waals surface area contributed by atoms with E-state index in [1.807, 2.05) is 72.8 Å². The third kappa shape index (κ3) is 6.76. The van der Waals surface area contributed by atoms with Gasteiger partial charge in [-0.15, -0.1) is 0 Å². The number of rotatable bonds is 9. The van der Waals surface area contributed by atoms with Crippen molar-refractivity contribution in [1.82, 2.24) is 14.7 Å². The zero-order valence-corrected chi connectivity index (χ0v) is 23.3. The lowest BCUT2D eigenvalue weighted by molar-refractivity contribution is -0.116. The van der Waals surface area contributed by atoms with Crippen molar-refractivity contribution in [3.63, 3.8) is 0 Å². The predicted molar refractivity (Wildman–Crippen MR) is 157 cm³/mol. The maximum Gasteiger partial charge on any atom is 0.322 e. The molecule has 3 amide bonds. The summed E-state index contributed by atoms with van der Waals surface area (Å²) in [5, 5.41) is 12.8. The van der Waals surface area contributed by atoms with E-state index < -0.39 is 0 Å². The van der Waals surface area contributed by atoms with Gasteiger partial charge in [0.05, 0.1) is 24.2 Å². The van der Waals surface area contributed by atoms with Gasteiger partial charge < -0.3 is 20.3 Å². The summed E-state index contributed by atoms with van der Waals surface area (Å²) in [4.78, 5) is 28.2. The number of urea groups is 1. The minimum Gasteiger partial charge on any atom is -0.497 e. The molecule has 0 unspecified atom stereocenters. The predicted octanol–water partition coefficient (Wildman–Crippen LogP) is 6.60. The van der Waals surface area contributed by atoms with E-state index in [9.17, 15) is 9.59 Å². The van der Waals surface area contributed by atoms with Crippen molar-refractivity contribution in [2.75, 3.05) is 30.8 Å². The van der Waals surface area contributed by atoms with Crippen LogP contribution in [0.2, 0.25) is 0 Å². The highest BCUT2D eigenvalue weighted by Gasteiger charge is 2.23. The summed E-state index contributed by atoms with van der Waals surface area (Å²) in [5.41, 5.74) is 2.12. The van der Waals surface area contributed by atoms with Gasteiger partial charge in [-0.1, -0.05) is 70.5 Å². The minimum absolute atomic E-state index is 0.0881. The molecule has 8 nitrogen and oxygen atoms in total. The number of unbranched alkanes of at least 4 members (excludes halogenated alkanes) is 1. The number of anilines is 2. The second-order valence-corrected chi connectivity index (χ2v) is 10.6. The van der Waals surface area contributed by atoms with Crippen LogP contribution >= 0.6 is 0 Å². The zero-order chi connectivity index (χ0) is 28.0. The van der Waals surface area contributed by atoms with E-state index in [0.29, 0.717) is 18.1 Å². The number of nitrogens with one attached hydrogen (secondary N) is 2. The first-order chi connectivity index (χ1) is 18.7. The number of aromatic nitrogens is 2. The number of methoxy groups -OCH3 is 1. The van der Waals surface area contributed by atoms with E-state index in [2.05, 4.69) is 38.3 Å². The van der Waals surface area contributed by atoms with Gasteiger partial charge in [0.2, 0.25) is 5.91 Å². The Morgan fingerprint density at radius 2 is 1.69 bits per heavy atom. The first kappa shape index (κ1) is 27.7. The number of carbonyl (C=O) groups excluding carboxylic acids is 2. The van der Waals surface area contributed by atoms with Crippen molar-refractivity contribution < 1.29 is 14.3 Å². The zero-order valence-electron chi connectivity index (χ0n) is 23.3. The molecule has 0 aliphatic heterocycles. The summed E-state index contributed by atoms with van der Waals surface area (Å²) >= 11 is 0. The second-order valence-electron chi connectivity index (χ2n) is 10.6. The highest BCUT2D eigenvalue weighted by molar-refractivity contribution is 6.03. The van der Waals surface area contributed by atoms with Crippen molar-refractivity contribution in [2.45, 2.75) is 46.0 Å². The van der Waals surface area contributed by atoms with Crippen molar-refractivity contribution >= 4 is 34.2 Å². The Balaban J connectivity index is 1.55. The Hall–Kier alpha value is -4.33. The summed E-state index contributed by atoms with van der Waals surface area (Å²) in [7, 11) is 1.62. The van der Waals surface area contributed by atoms with Crippen molar-refractivity contribution in [2.24, 2.45) is 0 Å². The summed E-state index contributed by atoms with van der Waals surface area (Å²) in [5.74, 6) is 0.977. The number of benzene rings is 3. The average Bonchev–Trinajstić information content (AvgIpc) is 3.35. The molecule has 0 radical (unpaired) electrons. The summed E-state index contributed by atoms with van der Waals surface area (Å²) in [6, 6.07) is 22.7. The van der Waals surface area contributed by atoms with Crippen LogP contribution in [0.5, 0.6) is 5.75 Å². The molecule has 4 aromatic rings. The van der Waals surface area contributed by atoms with Gasteiger partial charge in [0.15, 0.2) is 0 Å². The van der Waals surface area contributed by atoms with E-state index >= 15 is 0 Å². The molecule has 4 rings (SSSR count). The van der Waals surface area contributed by atoms with Gasteiger partial charge in [0.1, 0.15) is 18.1 Å². The normalized spacial score (nSPS) is 11.3. The topological polar surface area (TPSA) is 88.5 Å². The van der Waals surface area contributed by atoms with E-state index in [1.165, 1.54) is 0 Å². The van der Waals surface area contributed by atoms with Crippen LogP contribution < -0.4 is 15.4 Å². The minimum atomic E-state index is -0.311. The fourth-order valence-electron chi connectivity index (χ4n) is 4.24. The molecule has 0 fully saturated rings. The Labute approximate surface area is 230 Å². The quantitative estimate of drug-likeness (QED) is 0.257. The maximum atomic E-state index is 13.3. The van der Waals surface area contributed by atoms with Gasteiger partial charge in [-0.2, -0.15) is 5.10 Å². The number of nitrogens with zero attached hydrogens (tertiary/aromatic N) is 3. The number of fused-ring (bicyclic) bond motifs is 1. The molecule has 1 aromatic heterocycles. The molecular formula is C31H37N5O3. The first-order valence-corrected chi connectivity index (χ1v) is 13.3. The molecule has 0 atom stereocenters. The summed E-state index contributed by atoms with van der Waals surface area (Å²) in [6.07, 6.45) is 1.69. The van der Waals surface area contributed by atoms with Crippen LogP contribution in [0.1, 0.15) is 46.2 Å². The van der Waals surface area contributed by atoms with Crippen LogP contribution in [0.4, 0.5) is 16.3 Å². The Morgan fingerprint density at radius 3 is 2.38 bits per heavy atom. The summed E-state index contributed by atoms with van der Waals surface area (Å²) in [6.45, 7) is 8.65. The maximum absolute atomic E-state index is 13.3. The van der Waals surface area contributed by atoms with Gasteiger partial charge in [-0.3, -0.25) is 4.79 Å². The lowest BCUT2D eigenvalue weighted by atomic mass is 9.92. The fourth-order valence-corrected chi connectivity index (χ4v) is 4.24. The van der Waals surface area contributed by atoms with Crippen LogP contribution in [0.15, 0.2) is 72.8 Å². The SMILES string of the molecule is CCCCN(CC(=O)Nc1cc(C(C)(C)C)nn1-c1ccc(OC)cc1)C(=O)Nc1cccc2ccccc12.